The van der Waals surface area contributed by atoms with Gasteiger partial charge in [0.15, 0.2) is 5.52 Å². The molecule has 178 valence electrons. The molecule has 1 fully saturated rings. The van der Waals surface area contributed by atoms with Crippen LogP contribution in [0.25, 0.3) is 11.2 Å². The second kappa shape index (κ2) is 9.51. The molecule has 0 bridgehead atoms. The number of halogens is 3. The Bertz CT molecular complexity index is 1190. The van der Waals surface area contributed by atoms with Gasteiger partial charge in [-0.2, -0.15) is 13.2 Å². The lowest BCUT2D eigenvalue weighted by Crippen LogP contribution is -2.33. The van der Waals surface area contributed by atoms with Crippen molar-refractivity contribution in [2.24, 2.45) is 5.92 Å². The summed E-state index contributed by atoms with van der Waals surface area (Å²) in [7, 11) is -4.28. The average Bonchev–Trinajstić information content (AvgIpc) is 3.26. The van der Waals surface area contributed by atoms with Crippen molar-refractivity contribution < 1.29 is 31.3 Å². The lowest BCUT2D eigenvalue weighted by molar-refractivity contribution is -0.380. The first-order valence-electron chi connectivity index (χ1n) is 10.5. The van der Waals surface area contributed by atoms with E-state index in [2.05, 4.69) is 25.3 Å². The molecule has 0 atom stereocenters. The van der Waals surface area contributed by atoms with Gasteiger partial charge in [-0.3, -0.25) is 0 Å². The number of hydrogen-bond donors (Lipinski definition) is 3. The molecule has 0 unspecified atom stereocenters. The molecule has 1 saturated carbocycles. The van der Waals surface area contributed by atoms with Crippen LogP contribution in [0, 0.1) is 5.92 Å². The minimum absolute atomic E-state index is 0.284. The van der Waals surface area contributed by atoms with Crippen molar-refractivity contribution in [2.75, 3.05) is 18.5 Å². The SMILES string of the molecule is O=S(=O)(NCC(F)(F)F)c1ccc(Nc2nc3nc[nH]c3c(OCC3CCCCC3)[nH+]2)cc1. The fourth-order valence-corrected chi connectivity index (χ4v) is 4.69. The Hall–Kier alpha value is -2.93. The molecule has 4 N–H and O–H groups in total. The maximum atomic E-state index is 12.3. The van der Waals surface area contributed by atoms with E-state index in [0.717, 1.165) is 12.8 Å². The zero-order valence-corrected chi connectivity index (χ0v) is 18.4. The number of sulfonamides is 1. The van der Waals surface area contributed by atoms with Gasteiger partial charge in [0.25, 0.3) is 11.5 Å². The van der Waals surface area contributed by atoms with Crippen molar-refractivity contribution in [1.82, 2.24) is 19.7 Å². The Morgan fingerprint density at radius 3 is 2.58 bits per heavy atom. The molecule has 1 aromatic carbocycles. The number of H-pyrrole nitrogens is 2. The van der Waals surface area contributed by atoms with Gasteiger partial charge in [0.2, 0.25) is 10.0 Å². The molecular formula is C20H24F3N6O3S+. The van der Waals surface area contributed by atoms with Gasteiger partial charge < -0.3 is 9.72 Å². The second-order valence-corrected chi connectivity index (χ2v) is 9.69. The van der Waals surface area contributed by atoms with Crippen LogP contribution in [0.15, 0.2) is 35.5 Å². The quantitative estimate of drug-likeness (QED) is 0.450. The van der Waals surface area contributed by atoms with E-state index in [0.29, 0.717) is 41.2 Å². The molecule has 9 nitrogen and oxygen atoms in total. The summed E-state index contributed by atoms with van der Waals surface area (Å²) in [4.78, 5) is 14.3. The molecule has 3 aromatic rings. The van der Waals surface area contributed by atoms with Crippen LogP contribution in [0.4, 0.5) is 24.8 Å². The summed E-state index contributed by atoms with van der Waals surface area (Å²) in [6.45, 7) is -1.06. The van der Waals surface area contributed by atoms with Crippen molar-refractivity contribution >= 4 is 32.8 Å². The van der Waals surface area contributed by atoms with Gasteiger partial charge in [0.1, 0.15) is 6.54 Å². The highest BCUT2D eigenvalue weighted by atomic mass is 32.2. The smallest absolute Gasteiger partial charge is 0.402 e. The number of hydrogen-bond acceptors (Lipinski definition) is 6. The molecule has 0 radical (unpaired) electrons. The van der Waals surface area contributed by atoms with Gasteiger partial charge >= 0.3 is 12.1 Å². The molecule has 0 aliphatic heterocycles. The third-order valence-electron chi connectivity index (χ3n) is 5.37. The van der Waals surface area contributed by atoms with Crippen molar-refractivity contribution in [1.29, 1.82) is 0 Å². The zero-order chi connectivity index (χ0) is 23.5. The molecule has 1 aliphatic carbocycles. The van der Waals surface area contributed by atoms with Crippen LogP contribution in [-0.4, -0.2) is 42.7 Å². The molecule has 4 rings (SSSR count). The first-order chi connectivity index (χ1) is 15.7. The highest BCUT2D eigenvalue weighted by Gasteiger charge is 2.30. The Labute approximate surface area is 188 Å². The van der Waals surface area contributed by atoms with Gasteiger partial charge in [-0.25, -0.2) is 28.4 Å². The molecule has 0 saturated heterocycles. The zero-order valence-electron chi connectivity index (χ0n) is 17.6. The Morgan fingerprint density at radius 2 is 1.88 bits per heavy atom. The Morgan fingerprint density at radius 1 is 1.15 bits per heavy atom. The molecule has 2 aromatic heterocycles. The van der Waals surface area contributed by atoms with Crippen molar-refractivity contribution in [3.63, 3.8) is 0 Å². The van der Waals surface area contributed by atoms with E-state index in [1.807, 2.05) is 0 Å². The molecule has 13 heteroatoms. The number of fused-ring (bicyclic) bond motifs is 1. The fourth-order valence-electron chi connectivity index (χ4n) is 3.68. The molecular weight excluding hydrogens is 461 g/mol. The fraction of sp³-hybridized carbons (Fsp3) is 0.450. The van der Waals surface area contributed by atoms with Gasteiger partial charge in [-0.05, 0) is 48.0 Å². The van der Waals surface area contributed by atoms with E-state index in [1.165, 1.54) is 54.6 Å². The first kappa shape index (κ1) is 23.2. The largest absolute Gasteiger partial charge is 0.466 e. The summed E-state index contributed by atoms with van der Waals surface area (Å²) in [6, 6.07) is 5.26. The second-order valence-electron chi connectivity index (χ2n) is 7.92. The standard InChI is InChI=1S/C20H23F3N6O3S/c21-20(22,23)11-26-33(30,31)15-8-6-14(7-9-15)27-19-28-17-16(24-12-25-17)18(29-19)32-10-13-4-2-1-3-5-13/h6-9,12-13,26H,1-5,10-11H2,(H2,24,25,27,28,29)/p+1. The predicted octanol–water partition coefficient (Wildman–Crippen LogP) is 3.32. The van der Waals surface area contributed by atoms with E-state index in [-0.39, 0.29) is 4.90 Å². The number of aromatic amines is 2. The monoisotopic (exact) mass is 485 g/mol. The summed E-state index contributed by atoms with van der Waals surface area (Å²) in [6.07, 6.45) is 2.81. The number of imidazole rings is 1. The molecule has 0 spiro atoms. The normalized spacial score (nSPS) is 15.6. The minimum Gasteiger partial charge on any atom is -0.466 e. The summed E-state index contributed by atoms with van der Waals surface area (Å²) in [5.41, 5.74) is 1.54. The third-order valence-corrected chi connectivity index (χ3v) is 6.79. The first-order valence-corrected chi connectivity index (χ1v) is 12.0. The Balaban J connectivity index is 1.47. The van der Waals surface area contributed by atoms with Crippen LogP contribution < -0.4 is 19.8 Å². The highest BCUT2D eigenvalue weighted by Crippen LogP contribution is 2.26. The molecule has 0 amide bonds. The van der Waals surface area contributed by atoms with Crippen LogP contribution in [0.5, 0.6) is 5.88 Å². The van der Waals surface area contributed by atoms with E-state index >= 15 is 0 Å². The molecule has 33 heavy (non-hydrogen) atoms. The number of ether oxygens (including phenoxy) is 1. The number of aromatic nitrogens is 4. The molecule has 2 heterocycles. The van der Waals surface area contributed by atoms with Crippen LogP contribution in [-0.2, 0) is 10.0 Å². The maximum Gasteiger partial charge on any atom is 0.402 e. The van der Waals surface area contributed by atoms with Crippen LogP contribution in [0.1, 0.15) is 32.1 Å². The summed E-state index contributed by atoms with van der Waals surface area (Å²) in [5.74, 6) is 1.30. The lowest BCUT2D eigenvalue weighted by Gasteiger charge is -2.21. The summed E-state index contributed by atoms with van der Waals surface area (Å²) < 4.78 is 68.6. The Kier molecular flexibility index (Phi) is 6.70. The van der Waals surface area contributed by atoms with Gasteiger partial charge in [0.05, 0.1) is 23.5 Å². The van der Waals surface area contributed by atoms with Crippen LogP contribution in [0.3, 0.4) is 0 Å². The third kappa shape index (κ3) is 6.11. The lowest BCUT2D eigenvalue weighted by atomic mass is 9.90. The van der Waals surface area contributed by atoms with E-state index in [9.17, 15) is 21.6 Å². The number of nitrogens with one attached hydrogen (secondary N) is 4. The van der Waals surface area contributed by atoms with Gasteiger partial charge in [0, 0.05) is 0 Å². The maximum absolute atomic E-state index is 12.3. The predicted molar refractivity (Wildman–Crippen MR) is 113 cm³/mol. The average molecular weight is 486 g/mol. The van der Waals surface area contributed by atoms with Crippen LogP contribution in [0.2, 0.25) is 0 Å². The van der Waals surface area contributed by atoms with Gasteiger partial charge in [-0.15, -0.1) is 0 Å². The molecule has 1 aliphatic rings. The highest BCUT2D eigenvalue weighted by molar-refractivity contribution is 7.89. The minimum atomic E-state index is -4.64. The van der Waals surface area contributed by atoms with Crippen LogP contribution >= 0.6 is 0 Å². The van der Waals surface area contributed by atoms with Crippen molar-refractivity contribution in [2.45, 2.75) is 43.2 Å². The number of nitrogens with zero attached hydrogens (tertiary/aromatic N) is 2. The van der Waals surface area contributed by atoms with Crippen molar-refractivity contribution in [3.05, 3.63) is 30.6 Å². The summed E-state index contributed by atoms with van der Waals surface area (Å²) >= 11 is 0. The van der Waals surface area contributed by atoms with E-state index < -0.39 is 22.7 Å². The van der Waals surface area contributed by atoms with Gasteiger partial charge in [-0.1, -0.05) is 19.3 Å². The van der Waals surface area contributed by atoms with Crippen molar-refractivity contribution in [3.8, 4) is 5.88 Å². The number of rotatable bonds is 8. The number of benzene rings is 1. The van der Waals surface area contributed by atoms with E-state index in [1.54, 1.807) is 0 Å². The topological polar surface area (TPSA) is 123 Å². The number of anilines is 2. The summed E-state index contributed by atoms with van der Waals surface area (Å²) in [5, 5.41) is 3.00. The van der Waals surface area contributed by atoms with E-state index in [4.69, 9.17) is 4.74 Å². The number of alkyl halides is 3.